The molecular weight excluding hydrogens is 392 g/mol. The van der Waals surface area contributed by atoms with Crippen LogP contribution >= 0.6 is 0 Å². The lowest BCUT2D eigenvalue weighted by atomic mass is 9.54. The van der Waals surface area contributed by atoms with Crippen molar-refractivity contribution in [3.63, 3.8) is 0 Å². The standard InChI is InChI=1S/C24H34N4O3/c1-3-7-27-22(29)15(2)28(20-6-4-5-19(11-20)21(25)26)23(30)31-24-12-16-8-17(13-24)10-18(9-16)14-24/h4-6,11,15-18H,3,7-10,12-14H2,1-2H3,(H3,25,26)(H,27,29)/t15-,16?,17?,18?,24?/m0/s1. The molecule has 168 valence electrons. The Kier molecular flexibility index (Phi) is 5.95. The molecule has 4 fully saturated rings. The SMILES string of the molecule is CCCNC(=O)[C@H](C)N(C(=O)OC12CC3CC(CC(C3)C1)C2)c1cccc(C(=N)N)c1. The molecular formula is C24H34N4O3. The number of carbonyl (C=O) groups excluding carboxylic acids is 2. The summed E-state index contributed by atoms with van der Waals surface area (Å²) in [6.45, 7) is 4.25. The minimum atomic E-state index is -0.741. The molecule has 0 unspecified atom stereocenters. The smallest absolute Gasteiger partial charge is 0.415 e. The Morgan fingerprint density at radius 2 is 1.84 bits per heavy atom. The predicted octanol–water partition coefficient (Wildman–Crippen LogP) is 3.80. The maximum atomic E-state index is 13.6. The van der Waals surface area contributed by atoms with Crippen molar-refractivity contribution in [1.82, 2.24) is 5.32 Å². The van der Waals surface area contributed by atoms with Gasteiger partial charge in [0.2, 0.25) is 5.91 Å². The van der Waals surface area contributed by atoms with Crippen LogP contribution in [0.2, 0.25) is 0 Å². The van der Waals surface area contributed by atoms with Gasteiger partial charge in [0.05, 0.1) is 0 Å². The van der Waals surface area contributed by atoms with Crippen molar-refractivity contribution >= 4 is 23.5 Å². The minimum absolute atomic E-state index is 0.0839. The molecule has 4 aliphatic carbocycles. The molecule has 7 nitrogen and oxygen atoms in total. The van der Waals surface area contributed by atoms with E-state index < -0.39 is 17.7 Å². The third-order valence-corrected chi connectivity index (χ3v) is 7.23. The van der Waals surface area contributed by atoms with Crippen LogP contribution in [0.3, 0.4) is 0 Å². The molecule has 1 aromatic rings. The zero-order chi connectivity index (χ0) is 22.2. The van der Waals surface area contributed by atoms with Crippen molar-refractivity contribution in [3.05, 3.63) is 29.8 Å². The molecule has 2 amide bonds. The van der Waals surface area contributed by atoms with E-state index in [4.69, 9.17) is 15.9 Å². The Bertz CT molecular complexity index is 833. The van der Waals surface area contributed by atoms with Gasteiger partial charge in [-0.1, -0.05) is 19.1 Å². The number of hydrogen-bond acceptors (Lipinski definition) is 4. The summed E-state index contributed by atoms with van der Waals surface area (Å²) in [5, 5.41) is 10.6. The zero-order valence-corrected chi connectivity index (χ0v) is 18.5. The van der Waals surface area contributed by atoms with Gasteiger partial charge in [-0.25, -0.2) is 4.79 Å². The Morgan fingerprint density at radius 1 is 1.23 bits per heavy atom. The number of anilines is 1. The van der Waals surface area contributed by atoms with Crippen LogP contribution in [0.1, 0.15) is 64.4 Å². The highest BCUT2D eigenvalue weighted by molar-refractivity contribution is 6.00. The number of amides is 2. The van der Waals surface area contributed by atoms with Crippen LogP contribution in [0.25, 0.3) is 0 Å². The van der Waals surface area contributed by atoms with Gasteiger partial charge in [0.1, 0.15) is 17.5 Å². The Labute approximate surface area is 184 Å². The molecule has 0 aromatic heterocycles. The van der Waals surface area contributed by atoms with Crippen LogP contribution in [-0.2, 0) is 9.53 Å². The number of ether oxygens (including phenoxy) is 1. The number of hydrogen-bond donors (Lipinski definition) is 3. The predicted molar refractivity (Wildman–Crippen MR) is 120 cm³/mol. The number of benzene rings is 1. The summed E-state index contributed by atoms with van der Waals surface area (Å²) in [4.78, 5) is 27.8. The average Bonchev–Trinajstić information content (AvgIpc) is 2.70. The van der Waals surface area contributed by atoms with Gasteiger partial charge in [-0.15, -0.1) is 0 Å². The van der Waals surface area contributed by atoms with Gasteiger partial charge in [-0.05, 0) is 81.8 Å². The van der Waals surface area contributed by atoms with Crippen LogP contribution in [0.4, 0.5) is 10.5 Å². The van der Waals surface area contributed by atoms with E-state index in [1.807, 2.05) is 6.92 Å². The summed E-state index contributed by atoms with van der Waals surface area (Å²) in [6, 6.07) is 6.16. The van der Waals surface area contributed by atoms with Crippen LogP contribution in [0.15, 0.2) is 24.3 Å². The second kappa shape index (κ2) is 8.52. The Balaban J connectivity index is 1.60. The number of nitrogens with one attached hydrogen (secondary N) is 2. The molecule has 1 atom stereocenters. The fraction of sp³-hybridized carbons (Fsp3) is 0.625. The fourth-order valence-corrected chi connectivity index (χ4v) is 6.21. The van der Waals surface area contributed by atoms with Gasteiger partial charge in [0, 0.05) is 17.8 Å². The van der Waals surface area contributed by atoms with Gasteiger partial charge in [-0.3, -0.25) is 15.1 Å². The first kappa shape index (κ1) is 21.7. The van der Waals surface area contributed by atoms with Crippen molar-refractivity contribution in [3.8, 4) is 0 Å². The van der Waals surface area contributed by atoms with Gasteiger partial charge in [0.15, 0.2) is 0 Å². The van der Waals surface area contributed by atoms with Crippen LogP contribution < -0.4 is 16.0 Å². The highest BCUT2D eigenvalue weighted by Gasteiger charge is 2.53. The van der Waals surface area contributed by atoms with E-state index in [1.165, 1.54) is 24.2 Å². The number of amidine groups is 1. The molecule has 0 radical (unpaired) electrons. The summed E-state index contributed by atoms with van der Waals surface area (Å²) in [5.74, 6) is 1.65. The zero-order valence-electron chi connectivity index (χ0n) is 18.5. The Morgan fingerprint density at radius 3 is 2.39 bits per heavy atom. The van der Waals surface area contributed by atoms with E-state index in [0.717, 1.165) is 25.7 Å². The highest BCUT2D eigenvalue weighted by Crippen LogP contribution is 2.57. The second-order valence-electron chi connectivity index (χ2n) is 9.77. The highest BCUT2D eigenvalue weighted by atomic mass is 16.6. The van der Waals surface area contributed by atoms with Gasteiger partial charge < -0.3 is 15.8 Å². The second-order valence-corrected chi connectivity index (χ2v) is 9.77. The van der Waals surface area contributed by atoms with Crippen LogP contribution in [0, 0.1) is 23.2 Å². The molecule has 0 aliphatic heterocycles. The minimum Gasteiger partial charge on any atom is -0.442 e. The first-order chi connectivity index (χ1) is 14.8. The lowest BCUT2D eigenvalue weighted by molar-refractivity contribution is -0.128. The number of nitrogen functional groups attached to an aromatic ring is 1. The van der Waals surface area contributed by atoms with Crippen LogP contribution in [0.5, 0.6) is 0 Å². The van der Waals surface area contributed by atoms with Gasteiger partial charge >= 0.3 is 6.09 Å². The maximum absolute atomic E-state index is 13.6. The van der Waals surface area contributed by atoms with E-state index in [1.54, 1.807) is 31.2 Å². The molecule has 4 bridgehead atoms. The first-order valence-electron chi connectivity index (χ1n) is 11.5. The van der Waals surface area contributed by atoms with Crippen LogP contribution in [-0.4, -0.2) is 36.0 Å². The van der Waals surface area contributed by atoms with E-state index in [9.17, 15) is 9.59 Å². The van der Waals surface area contributed by atoms with E-state index in [2.05, 4.69) is 5.32 Å². The number of rotatable bonds is 7. The molecule has 4 N–H and O–H groups in total. The van der Waals surface area contributed by atoms with Gasteiger partial charge in [0.25, 0.3) is 0 Å². The summed E-state index contributed by atoms with van der Waals surface area (Å²) in [6.07, 6.45) is 6.91. The summed E-state index contributed by atoms with van der Waals surface area (Å²) in [5.41, 5.74) is 6.29. The van der Waals surface area contributed by atoms with E-state index in [-0.39, 0.29) is 11.7 Å². The first-order valence-corrected chi connectivity index (χ1v) is 11.5. The van der Waals surface area contributed by atoms with Crippen molar-refractivity contribution in [2.75, 3.05) is 11.4 Å². The van der Waals surface area contributed by atoms with E-state index >= 15 is 0 Å². The molecule has 31 heavy (non-hydrogen) atoms. The van der Waals surface area contributed by atoms with Crippen molar-refractivity contribution in [2.24, 2.45) is 23.5 Å². The van der Waals surface area contributed by atoms with Gasteiger partial charge in [-0.2, -0.15) is 0 Å². The largest absolute Gasteiger partial charge is 0.442 e. The number of carbonyl (C=O) groups is 2. The van der Waals surface area contributed by atoms with Crippen molar-refractivity contribution < 1.29 is 14.3 Å². The molecule has 0 heterocycles. The van der Waals surface area contributed by atoms with Crippen molar-refractivity contribution in [1.29, 1.82) is 5.41 Å². The Hall–Kier alpha value is -2.57. The molecule has 4 saturated carbocycles. The molecule has 5 rings (SSSR count). The number of nitrogens with two attached hydrogens (primary N) is 1. The lowest BCUT2D eigenvalue weighted by Gasteiger charge is -2.55. The maximum Gasteiger partial charge on any atom is 0.415 e. The molecule has 1 aromatic carbocycles. The van der Waals surface area contributed by atoms with Crippen molar-refractivity contribution in [2.45, 2.75) is 70.4 Å². The molecule has 7 heteroatoms. The normalized spacial score (nSPS) is 29.3. The fourth-order valence-electron chi connectivity index (χ4n) is 6.21. The molecule has 0 spiro atoms. The summed E-state index contributed by atoms with van der Waals surface area (Å²) >= 11 is 0. The van der Waals surface area contributed by atoms with E-state index in [0.29, 0.717) is 35.5 Å². The summed E-state index contributed by atoms with van der Waals surface area (Å²) < 4.78 is 6.27. The topological polar surface area (TPSA) is 109 Å². The lowest BCUT2D eigenvalue weighted by Crippen LogP contribution is -2.56. The average molecular weight is 427 g/mol. The molecule has 0 saturated heterocycles. The molecule has 4 aliphatic rings. The number of nitrogens with zero attached hydrogens (tertiary/aromatic N) is 1. The quantitative estimate of drug-likeness (QED) is 0.455. The monoisotopic (exact) mass is 426 g/mol. The summed E-state index contributed by atoms with van der Waals surface area (Å²) in [7, 11) is 0. The third kappa shape index (κ3) is 4.41. The third-order valence-electron chi connectivity index (χ3n) is 7.23.